The van der Waals surface area contributed by atoms with Crippen LogP contribution in [0.1, 0.15) is 18.9 Å². The maximum absolute atomic E-state index is 8.79. The van der Waals surface area contributed by atoms with Crippen molar-refractivity contribution in [3.63, 3.8) is 0 Å². The van der Waals surface area contributed by atoms with E-state index in [1.807, 2.05) is 24.3 Å². The van der Waals surface area contributed by atoms with E-state index < -0.39 is 0 Å². The summed E-state index contributed by atoms with van der Waals surface area (Å²) in [5.41, 5.74) is 1.91. The summed E-state index contributed by atoms with van der Waals surface area (Å²) in [4.78, 5) is 2.33. The highest BCUT2D eigenvalue weighted by atomic mass is 15.2. The number of likely N-dealkylation sites (N-methyl/N-ethyl adjacent to an activating group) is 1. The van der Waals surface area contributed by atoms with Crippen LogP contribution in [0.25, 0.3) is 0 Å². The average molecular weight is 229 g/mol. The molecule has 0 bridgehead atoms. The molecule has 0 spiro atoms. The van der Waals surface area contributed by atoms with E-state index in [9.17, 15) is 0 Å². The molecule has 1 aliphatic heterocycles. The van der Waals surface area contributed by atoms with E-state index in [1.165, 1.54) is 12.1 Å². The lowest BCUT2D eigenvalue weighted by Crippen LogP contribution is -2.37. The van der Waals surface area contributed by atoms with Crippen molar-refractivity contribution in [3.05, 3.63) is 29.8 Å². The van der Waals surface area contributed by atoms with Crippen LogP contribution in [-0.4, -0.2) is 26.2 Å². The lowest BCUT2D eigenvalue weighted by Gasteiger charge is -2.30. The van der Waals surface area contributed by atoms with Crippen LogP contribution in [0.4, 0.5) is 5.69 Å². The fourth-order valence-electron chi connectivity index (χ4n) is 2.55. The monoisotopic (exact) mass is 229 g/mol. The quantitative estimate of drug-likeness (QED) is 0.861. The number of hydrogen-bond donors (Lipinski definition) is 1. The van der Waals surface area contributed by atoms with Gasteiger partial charge in [-0.3, -0.25) is 0 Å². The van der Waals surface area contributed by atoms with Crippen molar-refractivity contribution in [2.75, 3.05) is 25.0 Å². The van der Waals surface area contributed by atoms with Crippen LogP contribution >= 0.6 is 0 Å². The summed E-state index contributed by atoms with van der Waals surface area (Å²) in [6.45, 7) is 4.41. The molecule has 1 aromatic carbocycles. The maximum atomic E-state index is 8.79. The van der Waals surface area contributed by atoms with Gasteiger partial charge < -0.3 is 10.2 Å². The zero-order valence-corrected chi connectivity index (χ0v) is 10.5. The van der Waals surface area contributed by atoms with Gasteiger partial charge in [-0.05, 0) is 30.2 Å². The second-order valence-corrected chi connectivity index (χ2v) is 4.66. The number of nitrogens with zero attached hydrogens (tertiary/aromatic N) is 2. The lowest BCUT2D eigenvalue weighted by atomic mass is 9.99. The first kappa shape index (κ1) is 11.9. The van der Waals surface area contributed by atoms with Gasteiger partial charge in [-0.25, -0.2) is 0 Å². The van der Waals surface area contributed by atoms with Crippen molar-refractivity contribution in [2.24, 2.45) is 5.92 Å². The molecule has 1 aliphatic rings. The fourth-order valence-corrected chi connectivity index (χ4v) is 2.55. The predicted octanol–water partition coefficient (Wildman–Crippen LogP) is 1.99. The molecule has 3 heteroatoms. The number of rotatable bonds is 3. The molecule has 1 aromatic rings. The summed E-state index contributed by atoms with van der Waals surface area (Å²) in [5.74, 6) is 0.718. The van der Waals surface area contributed by atoms with Gasteiger partial charge in [-0.2, -0.15) is 5.26 Å². The average Bonchev–Trinajstić information content (AvgIpc) is 2.86. The Kier molecular flexibility index (Phi) is 3.65. The summed E-state index contributed by atoms with van der Waals surface area (Å²) < 4.78 is 0. The molecular formula is C14H19N3. The molecule has 2 unspecified atom stereocenters. The molecule has 3 nitrogen and oxygen atoms in total. The molecule has 17 heavy (non-hydrogen) atoms. The van der Waals surface area contributed by atoms with Crippen molar-refractivity contribution in [1.82, 2.24) is 5.32 Å². The lowest BCUT2D eigenvalue weighted by molar-refractivity contribution is 0.482. The largest absolute Gasteiger partial charge is 0.370 e. The van der Waals surface area contributed by atoms with E-state index in [1.54, 1.807) is 0 Å². The highest BCUT2D eigenvalue weighted by Gasteiger charge is 2.28. The molecule has 1 heterocycles. The molecule has 0 aromatic heterocycles. The van der Waals surface area contributed by atoms with Crippen LogP contribution in [0.5, 0.6) is 0 Å². The SMILES string of the molecule is CCC1CNCC1N(C)c1ccc(C#N)cc1. The van der Waals surface area contributed by atoms with Crippen molar-refractivity contribution >= 4 is 5.69 Å². The normalized spacial score (nSPS) is 23.4. The summed E-state index contributed by atoms with van der Waals surface area (Å²) in [7, 11) is 2.14. The van der Waals surface area contributed by atoms with Crippen LogP contribution < -0.4 is 10.2 Å². The van der Waals surface area contributed by atoms with Gasteiger partial charge in [0.05, 0.1) is 11.6 Å². The van der Waals surface area contributed by atoms with Gasteiger partial charge in [-0.1, -0.05) is 13.3 Å². The van der Waals surface area contributed by atoms with E-state index in [4.69, 9.17) is 5.26 Å². The van der Waals surface area contributed by atoms with Gasteiger partial charge in [-0.15, -0.1) is 0 Å². The topological polar surface area (TPSA) is 39.1 Å². The number of anilines is 1. The van der Waals surface area contributed by atoms with Crippen LogP contribution in [0.15, 0.2) is 24.3 Å². The van der Waals surface area contributed by atoms with E-state index >= 15 is 0 Å². The predicted molar refractivity (Wildman–Crippen MR) is 70.0 cm³/mol. The highest BCUT2D eigenvalue weighted by molar-refractivity contribution is 5.50. The maximum Gasteiger partial charge on any atom is 0.0991 e. The minimum atomic E-state index is 0.563. The molecule has 0 aliphatic carbocycles. The summed E-state index contributed by atoms with van der Waals surface area (Å²) in [6.07, 6.45) is 1.21. The Hall–Kier alpha value is -1.53. The number of nitriles is 1. The van der Waals surface area contributed by atoms with Gasteiger partial charge in [0.1, 0.15) is 0 Å². The zero-order chi connectivity index (χ0) is 12.3. The van der Waals surface area contributed by atoms with E-state index in [0.717, 1.165) is 24.6 Å². The second kappa shape index (κ2) is 5.20. The third kappa shape index (κ3) is 2.42. The third-order valence-corrected chi connectivity index (χ3v) is 3.73. The number of nitrogens with one attached hydrogen (secondary N) is 1. The standard InChI is InChI=1S/C14H19N3/c1-3-12-9-16-10-14(12)17(2)13-6-4-11(8-15)5-7-13/h4-7,12,14,16H,3,9-10H2,1-2H3. The first-order valence-electron chi connectivity index (χ1n) is 6.20. The van der Waals surface area contributed by atoms with Crippen LogP contribution in [0.2, 0.25) is 0 Å². The molecule has 0 saturated carbocycles. The molecule has 0 radical (unpaired) electrons. The summed E-state index contributed by atoms with van der Waals surface area (Å²) in [6, 6.07) is 10.5. The van der Waals surface area contributed by atoms with Crippen molar-refractivity contribution < 1.29 is 0 Å². The molecule has 90 valence electrons. The highest BCUT2D eigenvalue weighted by Crippen LogP contribution is 2.23. The van der Waals surface area contributed by atoms with E-state index in [0.29, 0.717) is 6.04 Å². The van der Waals surface area contributed by atoms with Gasteiger partial charge in [0.2, 0.25) is 0 Å². The molecule has 1 saturated heterocycles. The Morgan fingerprint density at radius 1 is 1.35 bits per heavy atom. The van der Waals surface area contributed by atoms with Gasteiger partial charge in [0.25, 0.3) is 0 Å². The first-order valence-corrected chi connectivity index (χ1v) is 6.20. The molecule has 2 atom stereocenters. The Bertz CT molecular complexity index is 404. The minimum absolute atomic E-state index is 0.563. The second-order valence-electron chi connectivity index (χ2n) is 4.66. The number of benzene rings is 1. The smallest absolute Gasteiger partial charge is 0.0991 e. The first-order chi connectivity index (χ1) is 8.26. The van der Waals surface area contributed by atoms with Gasteiger partial charge >= 0.3 is 0 Å². The number of hydrogen-bond acceptors (Lipinski definition) is 3. The van der Waals surface area contributed by atoms with E-state index in [2.05, 4.69) is 30.3 Å². The van der Waals surface area contributed by atoms with Crippen LogP contribution in [0, 0.1) is 17.2 Å². The molecule has 1 N–H and O–H groups in total. The van der Waals surface area contributed by atoms with Crippen molar-refractivity contribution in [1.29, 1.82) is 5.26 Å². The van der Waals surface area contributed by atoms with Crippen molar-refractivity contribution in [2.45, 2.75) is 19.4 Å². The van der Waals surface area contributed by atoms with Gasteiger partial charge in [0, 0.05) is 31.9 Å². The Labute approximate surface area is 103 Å². The van der Waals surface area contributed by atoms with E-state index in [-0.39, 0.29) is 0 Å². The van der Waals surface area contributed by atoms with Gasteiger partial charge in [0.15, 0.2) is 0 Å². The molecule has 1 fully saturated rings. The zero-order valence-electron chi connectivity index (χ0n) is 10.5. The third-order valence-electron chi connectivity index (χ3n) is 3.73. The van der Waals surface area contributed by atoms with Crippen molar-refractivity contribution in [3.8, 4) is 6.07 Å². The van der Waals surface area contributed by atoms with Crippen LogP contribution in [-0.2, 0) is 0 Å². The Morgan fingerprint density at radius 3 is 2.65 bits per heavy atom. The Balaban J connectivity index is 2.13. The molecular weight excluding hydrogens is 210 g/mol. The molecule has 0 amide bonds. The van der Waals surface area contributed by atoms with Crippen LogP contribution in [0.3, 0.4) is 0 Å². The summed E-state index contributed by atoms with van der Waals surface area (Å²) >= 11 is 0. The molecule has 2 rings (SSSR count). The Morgan fingerprint density at radius 2 is 2.06 bits per heavy atom. The fraction of sp³-hybridized carbons (Fsp3) is 0.500. The summed E-state index contributed by atoms with van der Waals surface area (Å²) in [5, 5.41) is 12.2. The minimum Gasteiger partial charge on any atom is -0.370 e.